The van der Waals surface area contributed by atoms with Crippen molar-refractivity contribution in [1.82, 2.24) is 19.6 Å². The van der Waals surface area contributed by atoms with Crippen molar-refractivity contribution in [2.45, 2.75) is 25.2 Å². The number of alkyl halides is 1. The highest BCUT2D eigenvalue weighted by molar-refractivity contribution is 5.95. The van der Waals surface area contributed by atoms with E-state index in [9.17, 15) is 14.0 Å². The molecule has 1 unspecified atom stereocenters. The minimum atomic E-state index is -1.81. The number of amides is 3. The summed E-state index contributed by atoms with van der Waals surface area (Å²) in [5, 5.41) is 7.24. The van der Waals surface area contributed by atoms with E-state index in [4.69, 9.17) is 6.57 Å². The van der Waals surface area contributed by atoms with E-state index < -0.39 is 17.5 Å². The molecule has 3 heterocycles. The van der Waals surface area contributed by atoms with Gasteiger partial charge in [-0.2, -0.15) is 5.10 Å². The van der Waals surface area contributed by atoms with Gasteiger partial charge in [0.25, 0.3) is 5.91 Å². The number of anilines is 1. The van der Waals surface area contributed by atoms with Crippen LogP contribution in [0, 0.1) is 12.4 Å². The Morgan fingerprint density at radius 1 is 1.20 bits per heavy atom. The molecule has 2 aliphatic rings. The van der Waals surface area contributed by atoms with Crippen LogP contribution >= 0.6 is 0 Å². The second-order valence-corrected chi connectivity index (χ2v) is 8.80. The van der Waals surface area contributed by atoms with E-state index in [0.29, 0.717) is 35.5 Å². The Hall–Kier alpha value is -4.26. The Labute approximate surface area is 200 Å². The van der Waals surface area contributed by atoms with E-state index in [1.165, 1.54) is 26.6 Å². The molecule has 0 radical (unpaired) electrons. The Kier molecular flexibility index (Phi) is 5.47. The molecule has 0 bridgehead atoms. The zero-order valence-corrected chi connectivity index (χ0v) is 19.0. The molecular weight excluding hydrogens is 454 g/mol. The number of carbonyl (C=O) groups is 2. The molecule has 5 rings (SSSR count). The summed E-state index contributed by atoms with van der Waals surface area (Å²) in [6, 6.07) is 12.1. The number of nitrogens with one attached hydrogen (secondary N) is 1. The van der Waals surface area contributed by atoms with Crippen LogP contribution in [-0.4, -0.2) is 51.7 Å². The summed E-state index contributed by atoms with van der Waals surface area (Å²) >= 11 is 0. The lowest BCUT2D eigenvalue weighted by Gasteiger charge is -2.28. The van der Waals surface area contributed by atoms with Crippen molar-refractivity contribution in [1.29, 1.82) is 0 Å². The monoisotopic (exact) mass is 476 g/mol. The molecule has 178 valence electrons. The van der Waals surface area contributed by atoms with Gasteiger partial charge in [-0.3, -0.25) is 9.48 Å². The standard InChI is InChI=1S/C25H22F2N6O2/c1-28-21-12-17(8-9-19(21)26)29-24(35)32-11-10-20-18(13-32)22-23(34)31(2)14-25(27,15-33(22)30-20)16-6-4-3-5-7-16/h3-9,12H,10-11,13-15H2,2H3,(H,29,35). The highest BCUT2D eigenvalue weighted by Gasteiger charge is 2.42. The minimum absolute atomic E-state index is 0.114. The topological polar surface area (TPSA) is 74.8 Å². The molecule has 3 amide bonds. The molecule has 3 aromatic rings. The summed E-state index contributed by atoms with van der Waals surface area (Å²) in [6.07, 6.45) is 0.404. The van der Waals surface area contributed by atoms with Crippen LogP contribution < -0.4 is 5.32 Å². The number of fused-ring (bicyclic) bond motifs is 3. The number of aromatic nitrogens is 2. The average molecular weight is 476 g/mol. The number of urea groups is 1. The molecular formula is C25H22F2N6O2. The van der Waals surface area contributed by atoms with Gasteiger partial charge in [0.2, 0.25) is 5.69 Å². The van der Waals surface area contributed by atoms with Gasteiger partial charge in [0.1, 0.15) is 11.5 Å². The molecule has 0 saturated heterocycles. The van der Waals surface area contributed by atoms with Gasteiger partial charge in [0.15, 0.2) is 5.67 Å². The molecule has 1 atom stereocenters. The number of rotatable bonds is 2. The lowest BCUT2D eigenvalue weighted by atomic mass is 9.95. The predicted octanol–water partition coefficient (Wildman–Crippen LogP) is 4.11. The van der Waals surface area contributed by atoms with Crippen LogP contribution in [0.1, 0.15) is 27.3 Å². The van der Waals surface area contributed by atoms with Gasteiger partial charge in [-0.25, -0.2) is 18.4 Å². The van der Waals surface area contributed by atoms with Crippen LogP contribution in [0.5, 0.6) is 0 Å². The van der Waals surface area contributed by atoms with E-state index in [-0.39, 0.29) is 36.9 Å². The summed E-state index contributed by atoms with van der Waals surface area (Å²) in [5.41, 5.74) is 0.316. The first kappa shape index (κ1) is 22.5. The summed E-state index contributed by atoms with van der Waals surface area (Å²) < 4.78 is 31.2. The van der Waals surface area contributed by atoms with E-state index in [1.54, 1.807) is 31.3 Å². The first-order chi connectivity index (χ1) is 16.8. The maximum Gasteiger partial charge on any atom is 0.322 e. The largest absolute Gasteiger partial charge is 0.337 e. The number of benzene rings is 2. The predicted molar refractivity (Wildman–Crippen MR) is 124 cm³/mol. The molecule has 0 aliphatic carbocycles. The Morgan fingerprint density at radius 2 is 1.97 bits per heavy atom. The quantitative estimate of drug-likeness (QED) is 0.566. The van der Waals surface area contributed by atoms with Crippen LogP contribution in [0.25, 0.3) is 4.85 Å². The van der Waals surface area contributed by atoms with Crippen molar-refractivity contribution >= 4 is 23.3 Å². The number of halogens is 2. The maximum absolute atomic E-state index is 16.2. The van der Waals surface area contributed by atoms with Crippen molar-refractivity contribution in [2.75, 3.05) is 25.5 Å². The van der Waals surface area contributed by atoms with Gasteiger partial charge >= 0.3 is 6.03 Å². The second kappa shape index (κ2) is 8.51. The molecule has 10 heteroatoms. The molecule has 1 N–H and O–H groups in total. The Balaban J connectivity index is 1.42. The number of hydrogen-bond acceptors (Lipinski definition) is 3. The summed E-state index contributed by atoms with van der Waals surface area (Å²) in [7, 11) is 1.56. The van der Waals surface area contributed by atoms with Crippen LogP contribution in [0.15, 0.2) is 48.5 Å². The average Bonchev–Trinajstić information content (AvgIpc) is 3.17. The van der Waals surface area contributed by atoms with Gasteiger partial charge < -0.3 is 15.1 Å². The SMILES string of the molecule is [C-]#[N+]c1cc(NC(=O)N2CCc3nn4c(c3C2)C(=O)N(C)CC(F)(c2ccccc2)C4)ccc1F. The fourth-order valence-electron chi connectivity index (χ4n) is 4.67. The van der Waals surface area contributed by atoms with Crippen LogP contribution in [0.3, 0.4) is 0 Å². The molecule has 2 aromatic carbocycles. The first-order valence-electron chi connectivity index (χ1n) is 11.1. The Bertz CT molecular complexity index is 1370. The van der Waals surface area contributed by atoms with E-state index in [2.05, 4.69) is 15.3 Å². The number of carbonyl (C=O) groups excluding carboxylic acids is 2. The highest BCUT2D eigenvalue weighted by Crippen LogP contribution is 2.35. The first-order valence-corrected chi connectivity index (χ1v) is 11.1. The van der Waals surface area contributed by atoms with Crippen LogP contribution in [0.2, 0.25) is 0 Å². The van der Waals surface area contributed by atoms with Gasteiger partial charge in [-0.1, -0.05) is 30.3 Å². The van der Waals surface area contributed by atoms with Crippen molar-refractivity contribution in [3.63, 3.8) is 0 Å². The third kappa shape index (κ3) is 3.99. The molecule has 0 fully saturated rings. The van der Waals surface area contributed by atoms with Gasteiger partial charge in [-0.05, 0) is 23.8 Å². The fraction of sp³-hybridized carbons (Fsp3) is 0.280. The Morgan fingerprint density at radius 3 is 2.71 bits per heavy atom. The maximum atomic E-state index is 16.2. The van der Waals surface area contributed by atoms with E-state index in [1.807, 2.05) is 6.07 Å². The third-order valence-corrected chi connectivity index (χ3v) is 6.43. The molecule has 0 spiro atoms. The van der Waals surface area contributed by atoms with Crippen molar-refractivity contribution in [3.8, 4) is 0 Å². The molecule has 35 heavy (non-hydrogen) atoms. The summed E-state index contributed by atoms with van der Waals surface area (Å²) in [5.74, 6) is -1.01. The third-order valence-electron chi connectivity index (χ3n) is 6.43. The zero-order valence-electron chi connectivity index (χ0n) is 19.0. The van der Waals surface area contributed by atoms with Crippen molar-refractivity contribution in [3.05, 3.63) is 88.3 Å². The zero-order chi connectivity index (χ0) is 24.7. The van der Waals surface area contributed by atoms with Crippen molar-refractivity contribution < 1.29 is 18.4 Å². The smallest absolute Gasteiger partial charge is 0.322 e. The van der Waals surface area contributed by atoms with Crippen molar-refractivity contribution in [2.24, 2.45) is 0 Å². The number of nitrogens with zero attached hydrogens (tertiary/aromatic N) is 5. The number of likely N-dealkylation sites (N-methyl/N-ethyl adjacent to an activating group) is 1. The second-order valence-electron chi connectivity index (χ2n) is 8.80. The lowest BCUT2D eigenvalue weighted by Crippen LogP contribution is -2.40. The summed E-state index contributed by atoms with van der Waals surface area (Å²) in [6.45, 7) is 7.27. The number of hydrogen-bond donors (Lipinski definition) is 1. The van der Waals surface area contributed by atoms with Gasteiger partial charge in [0.05, 0.1) is 31.9 Å². The minimum Gasteiger partial charge on any atom is -0.337 e. The van der Waals surface area contributed by atoms with E-state index in [0.717, 1.165) is 6.07 Å². The van der Waals surface area contributed by atoms with Gasteiger partial charge in [-0.15, -0.1) is 0 Å². The van der Waals surface area contributed by atoms with E-state index >= 15 is 4.39 Å². The lowest BCUT2D eigenvalue weighted by molar-refractivity contribution is 0.0629. The molecule has 8 nitrogen and oxygen atoms in total. The van der Waals surface area contributed by atoms with Crippen LogP contribution in [-0.2, 0) is 25.2 Å². The van der Waals surface area contributed by atoms with Gasteiger partial charge in [0, 0.05) is 31.3 Å². The fourth-order valence-corrected chi connectivity index (χ4v) is 4.67. The highest BCUT2D eigenvalue weighted by atomic mass is 19.1. The summed E-state index contributed by atoms with van der Waals surface area (Å²) in [4.78, 5) is 32.2. The molecule has 0 saturated carbocycles. The normalized spacial score (nSPS) is 19.4. The molecule has 1 aromatic heterocycles. The molecule has 2 aliphatic heterocycles. The van der Waals surface area contributed by atoms with Crippen LogP contribution in [0.4, 0.5) is 25.0 Å².